The molecule has 82 valence electrons. The molecule has 0 bridgehead atoms. The monoisotopic (exact) mass is 207 g/mol. The zero-order chi connectivity index (χ0) is 11.4. The first-order valence-electron chi connectivity index (χ1n) is 4.88. The number of carbonyl (C=O) groups is 1. The fraction of sp³-hybridized carbons (Fsp3) is 0.417. The molecule has 0 heterocycles. The summed E-state index contributed by atoms with van der Waals surface area (Å²) in [6.07, 6.45) is 0.421. The third-order valence-corrected chi connectivity index (χ3v) is 2.22. The topological polar surface area (TPSA) is 29.5 Å². The molecule has 0 radical (unpaired) electrons. The zero-order valence-corrected chi connectivity index (χ0v) is 9.70. The van der Waals surface area contributed by atoms with Crippen molar-refractivity contribution in [3.8, 4) is 5.75 Å². The maximum atomic E-state index is 11.1. The van der Waals surface area contributed by atoms with Gasteiger partial charge in [0.05, 0.1) is 7.11 Å². The van der Waals surface area contributed by atoms with E-state index in [0.717, 1.165) is 17.0 Å². The Hall–Kier alpha value is -1.51. The van der Waals surface area contributed by atoms with Gasteiger partial charge in [-0.3, -0.25) is 4.79 Å². The Morgan fingerprint density at radius 2 is 2.07 bits per heavy atom. The molecule has 1 rings (SSSR count). The van der Waals surface area contributed by atoms with Gasteiger partial charge in [-0.05, 0) is 25.1 Å². The molecule has 0 aliphatic carbocycles. The molecule has 0 aliphatic rings. The first-order valence-corrected chi connectivity index (χ1v) is 4.88. The third kappa shape index (κ3) is 2.98. The van der Waals surface area contributed by atoms with Crippen molar-refractivity contribution in [1.82, 2.24) is 0 Å². The molecule has 0 saturated carbocycles. The molecule has 0 aliphatic heterocycles. The summed E-state index contributed by atoms with van der Waals surface area (Å²) in [7, 11) is 5.56. The van der Waals surface area contributed by atoms with Crippen molar-refractivity contribution in [2.75, 3.05) is 26.1 Å². The number of hydrogen-bond donors (Lipinski definition) is 0. The highest BCUT2D eigenvalue weighted by molar-refractivity contribution is 5.79. The molecule has 1 aromatic carbocycles. The van der Waals surface area contributed by atoms with Gasteiger partial charge in [0.25, 0.3) is 0 Å². The molecule has 3 nitrogen and oxygen atoms in total. The van der Waals surface area contributed by atoms with Crippen LogP contribution in [0.5, 0.6) is 5.75 Å². The van der Waals surface area contributed by atoms with E-state index in [9.17, 15) is 4.79 Å². The van der Waals surface area contributed by atoms with E-state index in [1.165, 1.54) is 0 Å². The first-order chi connectivity index (χ1) is 7.04. The smallest absolute Gasteiger partial charge is 0.134 e. The van der Waals surface area contributed by atoms with Gasteiger partial charge >= 0.3 is 0 Å². The number of hydrogen-bond acceptors (Lipinski definition) is 3. The van der Waals surface area contributed by atoms with E-state index < -0.39 is 0 Å². The summed E-state index contributed by atoms with van der Waals surface area (Å²) in [5.41, 5.74) is 2.02. The summed E-state index contributed by atoms with van der Waals surface area (Å²) in [6.45, 7) is 1.59. The van der Waals surface area contributed by atoms with Crippen LogP contribution in [0.1, 0.15) is 12.5 Å². The minimum atomic E-state index is 0.143. The van der Waals surface area contributed by atoms with Gasteiger partial charge in [-0.25, -0.2) is 0 Å². The molecule has 1 aromatic rings. The van der Waals surface area contributed by atoms with Crippen LogP contribution in [0.4, 0.5) is 5.69 Å². The van der Waals surface area contributed by atoms with Crippen molar-refractivity contribution in [3.05, 3.63) is 23.8 Å². The lowest BCUT2D eigenvalue weighted by molar-refractivity contribution is -0.116. The second-order valence-electron chi connectivity index (χ2n) is 3.77. The van der Waals surface area contributed by atoms with Gasteiger partial charge in [0.1, 0.15) is 11.5 Å². The Morgan fingerprint density at radius 3 is 2.53 bits per heavy atom. The fourth-order valence-electron chi connectivity index (χ4n) is 1.45. The van der Waals surface area contributed by atoms with E-state index in [-0.39, 0.29) is 5.78 Å². The van der Waals surface area contributed by atoms with Crippen LogP contribution in [0.15, 0.2) is 18.2 Å². The number of ether oxygens (including phenoxy) is 1. The minimum absolute atomic E-state index is 0.143. The molecular formula is C12H17NO2. The molecule has 0 atom stereocenters. The van der Waals surface area contributed by atoms with E-state index in [0.29, 0.717) is 6.42 Å². The van der Waals surface area contributed by atoms with E-state index in [2.05, 4.69) is 0 Å². The zero-order valence-electron chi connectivity index (χ0n) is 9.70. The van der Waals surface area contributed by atoms with Crippen LogP contribution in [0.25, 0.3) is 0 Å². The Bertz CT molecular complexity index is 359. The Labute approximate surface area is 90.7 Å². The second-order valence-corrected chi connectivity index (χ2v) is 3.77. The van der Waals surface area contributed by atoms with Gasteiger partial charge in [0, 0.05) is 31.8 Å². The number of Topliss-reactive ketones (excluding diaryl/α,β-unsaturated/α-hetero) is 1. The standard InChI is InChI=1S/C12H17NO2/c1-9(14)7-10-8-11(13(2)3)5-6-12(10)15-4/h5-6,8H,7H2,1-4H3. The fourth-order valence-corrected chi connectivity index (χ4v) is 1.45. The van der Waals surface area contributed by atoms with Crippen molar-refractivity contribution in [1.29, 1.82) is 0 Å². The van der Waals surface area contributed by atoms with Gasteiger partial charge in [0.2, 0.25) is 0 Å². The summed E-state index contributed by atoms with van der Waals surface area (Å²) < 4.78 is 5.21. The van der Waals surface area contributed by atoms with Crippen molar-refractivity contribution in [3.63, 3.8) is 0 Å². The normalized spacial score (nSPS) is 9.87. The van der Waals surface area contributed by atoms with Crippen LogP contribution in [0, 0.1) is 0 Å². The number of carbonyl (C=O) groups excluding carboxylic acids is 1. The minimum Gasteiger partial charge on any atom is -0.496 e. The number of benzene rings is 1. The van der Waals surface area contributed by atoms with E-state index in [1.54, 1.807) is 14.0 Å². The molecule has 0 spiro atoms. The van der Waals surface area contributed by atoms with Crippen LogP contribution in [0.2, 0.25) is 0 Å². The average Bonchev–Trinajstić information content (AvgIpc) is 2.16. The lowest BCUT2D eigenvalue weighted by Gasteiger charge is -2.15. The first kappa shape index (κ1) is 11.6. The maximum absolute atomic E-state index is 11.1. The molecule has 0 saturated heterocycles. The number of ketones is 1. The van der Waals surface area contributed by atoms with E-state index in [4.69, 9.17) is 4.74 Å². The SMILES string of the molecule is COc1ccc(N(C)C)cc1CC(C)=O. The summed E-state index contributed by atoms with van der Waals surface area (Å²) in [5, 5.41) is 0. The van der Waals surface area contributed by atoms with Crippen molar-refractivity contribution in [2.24, 2.45) is 0 Å². The predicted molar refractivity (Wildman–Crippen MR) is 61.7 cm³/mol. The second kappa shape index (κ2) is 4.82. The van der Waals surface area contributed by atoms with Crippen molar-refractivity contribution < 1.29 is 9.53 Å². The molecule has 15 heavy (non-hydrogen) atoms. The highest BCUT2D eigenvalue weighted by Crippen LogP contribution is 2.24. The average molecular weight is 207 g/mol. The summed E-state index contributed by atoms with van der Waals surface area (Å²) >= 11 is 0. The van der Waals surface area contributed by atoms with Crippen LogP contribution in [0.3, 0.4) is 0 Å². The quantitative estimate of drug-likeness (QED) is 0.755. The van der Waals surface area contributed by atoms with Crippen molar-refractivity contribution >= 4 is 11.5 Å². The molecular weight excluding hydrogens is 190 g/mol. The summed E-state index contributed by atoms with van der Waals surface area (Å²) in [4.78, 5) is 13.1. The number of nitrogens with zero attached hydrogens (tertiary/aromatic N) is 1. The van der Waals surface area contributed by atoms with Crippen molar-refractivity contribution in [2.45, 2.75) is 13.3 Å². The van der Waals surface area contributed by atoms with Gasteiger partial charge in [-0.1, -0.05) is 0 Å². The third-order valence-electron chi connectivity index (χ3n) is 2.22. The molecule has 0 fully saturated rings. The Morgan fingerprint density at radius 1 is 1.40 bits per heavy atom. The lowest BCUT2D eigenvalue weighted by atomic mass is 10.1. The number of methoxy groups -OCH3 is 1. The van der Waals surface area contributed by atoms with Crippen LogP contribution in [-0.2, 0) is 11.2 Å². The van der Waals surface area contributed by atoms with Gasteiger partial charge < -0.3 is 9.64 Å². The molecule has 3 heteroatoms. The van der Waals surface area contributed by atoms with Crippen LogP contribution >= 0.6 is 0 Å². The molecule has 0 unspecified atom stereocenters. The van der Waals surface area contributed by atoms with Crippen LogP contribution in [-0.4, -0.2) is 27.0 Å². The summed E-state index contributed by atoms with van der Waals surface area (Å²) in [5.74, 6) is 0.917. The molecule has 0 N–H and O–H groups in total. The Balaban J connectivity index is 3.07. The highest BCUT2D eigenvalue weighted by atomic mass is 16.5. The number of rotatable bonds is 4. The largest absolute Gasteiger partial charge is 0.496 e. The lowest BCUT2D eigenvalue weighted by Crippen LogP contribution is -2.09. The molecule has 0 amide bonds. The van der Waals surface area contributed by atoms with Gasteiger partial charge in [-0.15, -0.1) is 0 Å². The summed E-state index contributed by atoms with van der Waals surface area (Å²) in [6, 6.07) is 5.86. The van der Waals surface area contributed by atoms with Gasteiger partial charge in [0.15, 0.2) is 0 Å². The highest BCUT2D eigenvalue weighted by Gasteiger charge is 2.07. The Kier molecular flexibility index (Phi) is 3.72. The molecule has 0 aromatic heterocycles. The maximum Gasteiger partial charge on any atom is 0.134 e. The van der Waals surface area contributed by atoms with E-state index >= 15 is 0 Å². The number of anilines is 1. The van der Waals surface area contributed by atoms with E-state index in [1.807, 2.05) is 37.2 Å². The predicted octanol–water partition coefficient (Wildman–Crippen LogP) is 1.89. The van der Waals surface area contributed by atoms with Crippen LogP contribution < -0.4 is 9.64 Å². The van der Waals surface area contributed by atoms with Gasteiger partial charge in [-0.2, -0.15) is 0 Å².